The topological polar surface area (TPSA) is 29.5 Å². The summed E-state index contributed by atoms with van der Waals surface area (Å²) in [5, 5.41) is 8.98. The summed E-state index contributed by atoms with van der Waals surface area (Å²) in [6.07, 6.45) is -7.52. The summed E-state index contributed by atoms with van der Waals surface area (Å²) in [5.74, 6) is -1.06. The highest BCUT2D eigenvalue weighted by Crippen LogP contribution is 2.31. The molecule has 0 unspecified atom stereocenters. The molecule has 0 saturated heterocycles. The van der Waals surface area contributed by atoms with Crippen LogP contribution in [0, 0.1) is 0 Å². The normalized spacial score (nSPS) is 11.9. The number of rotatable bonds is 3. The predicted molar refractivity (Wildman–Crippen MR) is 44.6 cm³/mol. The maximum absolute atomic E-state index is 12.2. The summed E-state index contributed by atoms with van der Waals surface area (Å²) in [7, 11) is 0. The van der Waals surface area contributed by atoms with E-state index in [1.165, 1.54) is 0 Å². The molecule has 0 bridgehead atoms. The van der Waals surface area contributed by atoms with Crippen LogP contribution in [0.3, 0.4) is 0 Å². The molecule has 0 aliphatic carbocycles. The van der Waals surface area contributed by atoms with Crippen LogP contribution in [0.1, 0.15) is 12.0 Å². The zero-order chi connectivity index (χ0) is 12.3. The number of benzene rings is 1. The molecule has 0 radical (unpaired) electrons. The Morgan fingerprint density at radius 2 is 1.88 bits per heavy atom. The minimum Gasteiger partial charge on any atom is -0.507 e. The summed E-state index contributed by atoms with van der Waals surface area (Å²) in [6.45, 7) is -1.57. The van der Waals surface area contributed by atoms with Crippen LogP contribution < -0.4 is 4.74 Å². The highest BCUT2D eigenvalue weighted by atomic mass is 19.4. The minimum atomic E-state index is -4.54. The molecule has 0 fully saturated rings. The number of hydrogen-bond acceptors (Lipinski definition) is 2. The van der Waals surface area contributed by atoms with Gasteiger partial charge in [0.05, 0.1) is 5.56 Å². The highest BCUT2D eigenvalue weighted by Gasteiger charge is 2.28. The van der Waals surface area contributed by atoms with E-state index in [-0.39, 0.29) is 5.75 Å². The van der Waals surface area contributed by atoms with Gasteiger partial charge in [-0.2, -0.15) is 13.2 Å². The van der Waals surface area contributed by atoms with E-state index < -0.39 is 30.5 Å². The second-order valence-electron chi connectivity index (χ2n) is 2.93. The first kappa shape index (κ1) is 12.5. The third kappa shape index (κ3) is 3.56. The molecule has 1 rings (SSSR count). The molecule has 16 heavy (non-hydrogen) atoms. The highest BCUT2D eigenvalue weighted by molar-refractivity contribution is 5.40. The first-order valence-corrected chi connectivity index (χ1v) is 4.10. The summed E-state index contributed by atoms with van der Waals surface area (Å²) in [5.41, 5.74) is -0.764. The Labute approximate surface area is 87.3 Å². The van der Waals surface area contributed by atoms with Crippen LogP contribution in [-0.2, 0) is 0 Å². The number of alkyl halides is 5. The molecule has 0 saturated carbocycles. The lowest BCUT2D eigenvalue weighted by Crippen LogP contribution is -2.19. The summed E-state index contributed by atoms with van der Waals surface area (Å²) >= 11 is 0. The fourth-order valence-corrected chi connectivity index (χ4v) is 0.962. The number of hydrogen-bond donors (Lipinski definition) is 1. The Balaban J connectivity index is 2.79. The smallest absolute Gasteiger partial charge is 0.422 e. The van der Waals surface area contributed by atoms with Gasteiger partial charge < -0.3 is 9.84 Å². The van der Waals surface area contributed by atoms with E-state index in [9.17, 15) is 22.0 Å². The van der Waals surface area contributed by atoms with Gasteiger partial charge in [-0.1, -0.05) is 0 Å². The maximum atomic E-state index is 12.2. The Morgan fingerprint density at radius 1 is 1.25 bits per heavy atom. The number of halogens is 5. The zero-order valence-corrected chi connectivity index (χ0v) is 7.76. The van der Waals surface area contributed by atoms with Crippen LogP contribution in [0.2, 0.25) is 0 Å². The van der Waals surface area contributed by atoms with Crippen molar-refractivity contribution >= 4 is 0 Å². The van der Waals surface area contributed by atoms with Crippen molar-refractivity contribution in [3.63, 3.8) is 0 Å². The van der Waals surface area contributed by atoms with Crippen molar-refractivity contribution in [3.8, 4) is 11.5 Å². The van der Waals surface area contributed by atoms with Gasteiger partial charge >= 0.3 is 6.18 Å². The van der Waals surface area contributed by atoms with Crippen LogP contribution in [-0.4, -0.2) is 17.9 Å². The van der Waals surface area contributed by atoms with Gasteiger partial charge in [-0.05, 0) is 18.2 Å². The SMILES string of the molecule is Oc1ccc(OCC(F)(F)F)cc1C(F)F. The molecule has 0 heterocycles. The molecule has 90 valence electrons. The monoisotopic (exact) mass is 242 g/mol. The third-order valence-corrected chi connectivity index (χ3v) is 1.64. The number of phenols is 1. The van der Waals surface area contributed by atoms with Crippen LogP contribution in [0.25, 0.3) is 0 Å². The zero-order valence-electron chi connectivity index (χ0n) is 7.76. The van der Waals surface area contributed by atoms with Gasteiger partial charge in [-0.15, -0.1) is 0 Å². The fourth-order valence-electron chi connectivity index (χ4n) is 0.962. The number of ether oxygens (including phenoxy) is 1. The van der Waals surface area contributed by atoms with Crippen molar-refractivity contribution in [2.24, 2.45) is 0 Å². The predicted octanol–water partition coefficient (Wildman–Crippen LogP) is 3.27. The van der Waals surface area contributed by atoms with Crippen molar-refractivity contribution in [1.29, 1.82) is 0 Å². The van der Waals surface area contributed by atoms with Crippen LogP contribution in [0.5, 0.6) is 11.5 Å². The Morgan fingerprint density at radius 3 is 2.38 bits per heavy atom. The van der Waals surface area contributed by atoms with Crippen molar-refractivity contribution in [2.45, 2.75) is 12.6 Å². The molecule has 0 aliphatic rings. The van der Waals surface area contributed by atoms with Gasteiger partial charge in [0.25, 0.3) is 6.43 Å². The molecule has 1 N–H and O–H groups in total. The average molecular weight is 242 g/mol. The lowest BCUT2D eigenvalue weighted by atomic mass is 10.2. The summed E-state index contributed by atoms with van der Waals surface area (Å²) in [6, 6.07) is 2.51. The van der Waals surface area contributed by atoms with E-state index in [0.29, 0.717) is 6.07 Å². The van der Waals surface area contributed by atoms with Gasteiger partial charge in [-0.3, -0.25) is 0 Å². The minimum absolute atomic E-state index is 0.370. The Hall–Kier alpha value is -1.53. The van der Waals surface area contributed by atoms with Gasteiger partial charge in [0.1, 0.15) is 11.5 Å². The molecule has 0 aliphatic heterocycles. The van der Waals surface area contributed by atoms with Crippen LogP contribution in [0.15, 0.2) is 18.2 Å². The molecule has 7 heteroatoms. The van der Waals surface area contributed by atoms with Crippen molar-refractivity contribution < 1.29 is 31.8 Å². The first-order chi connectivity index (χ1) is 7.29. The molecule has 0 atom stereocenters. The van der Waals surface area contributed by atoms with E-state index in [2.05, 4.69) is 4.74 Å². The average Bonchev–Trinajstić information content (AvgIpc) is 2.14. The van der Waals surface area contributed by atoms with Gasteiger partial charge in [0, 0.05) is 0 Å². The van der Waals surface area contributed by atoms with Crippen molar-refractivity contribution in [2.75, 3.05) is 6.61 Å². The molecule has 0 spiro atoms. The lowest BCUT2D eigenvalue weighted by Gasteiger charge is -2.10. The number of phenolic OH excluding ortho intramolecular Hbond substituents is 1. The lowest BCUT2D eigenvalue weighted by molar-refractivity contribution is -0.153. The van der Waals surface area contributed by atoms with Crippen molar-refractivity contribution in [3.05, 3.63) is 23.8 Å². The molecular formula is C9H7F5O2. The third-order valence-electron chi connectivity index (χ3n) is 1.64. The molecule has 2 nitrogen and oxygen atoms in total. The standard InChI is InChI=1S/C9H7F5O2/c10-8(11)6-3-5(1-2-7(6)15)16-4-9(12,13)14/h1-3,8,15H,4H2. The number of aromatic hydroxyl groups is 1. The van der Waals surface area contributed by atoms with E-state index in [4.69, 9.17) is 5.11 Å². The van der Waals surface area contributed by atoms with Crippen LogP contribution in [0.4, 0.5) is 22.0 Å². The maximum Gasteiger partial charge on any atom is 0.422 e. The van der Waals surface area contributed by atoms with E-state index >= 15 is 0 Å². The van der Waals surface area contributed by atoms with Crippen molar-refractivity contribution in [1.82, 2.24) is 0 Å². The summed E-state index contributed by atoms with van der Waals surface area (Å²) < 4.78 is 64.0. The molecule has 0 amide bonds. The largest absolute Gasteiger partial charge is 0.507 e. The van der Waals surface area contributed by atoms with E-state index in [1.54, 1.807) is 0 Å². The second-order valence-corrected chi connectivity index (χ2v) is 2.93. The van der Waals surface area contributed by atoms with Gasteiger partial charge in [-0.25, -0.2) is 8.78 Å². The second kappa shape index (κ2) is 4.54. The van der Waals surface area contributed by atoms with E-state index in [1.807, 2.05) is 0 Å². The first-order valence-electron chi connectivity index (χ1n) is 4.10. The molecular weight excluding hydrogens is 235 g/mol. The Kier molecular flexibility index (Phi) is 3.56. The van der Waals surface area contributed by atoms with Gasteiger partial charge in [0.2, 0.25) is 0 Å². The summed E-state index contributed by atoms with van der Waals surface area (Å²) in [4.78, 5) is 0. The Bertz CT molecular complexity index is 361. The van der Waals surface area contributed by atoms with E-state index in [0.717, 1.165) is 12.1 Å². The van der Waals surface area contributed by atoms with Crippen LogP contribution >= 0.6 is 0 Å². The molecule has 0 aromatic heterocycles. The van der Waals surface area contributed by atoms with Gasteiger partial charge in [0.15, 0.2) is 6.61 Å². The quantitative estimate of drug-likeness (QED) is 0.824. The molecule has 1 aromatic rings. The molecule has 1 aromatic carbocycles. The fraction of sp³-hybridized carbons (Fsp3) is 0.333.